The minimum atomic E-state index is -0.669. The van der Waals surface area contributed by atoms with E-state index in [1.807, 2.05) is 0 Å². The molecule has 0 saturated carbocycles. The molecule has 18 heavy (non-hydrogen) atoms. The van der Waals surface area contributed by atoms with Crippen molar-refractivity contribution in [2.45, 2.75) is 51.5 Å². The third-order valence-electron chi connectivity index (χ3n) is 3.83. The molecular formula is C14H28N2O2. The highest BCUT2D eigenvalue weighted by atomic mass is 16.4. The molecule has 1 fully saturated rings. The summed E-state index contributed by atoms with van der Waals surface area (Å²) in [5, 5.41) is 8.59. The quantitative estimate of drug-likeness (QED) is 0.708. The maximum Gasteiger partial charge on any atom is 0.303 e. The van der Waals surface area contributed by atoms with Crippen molar-refractivity contribution in [3.05, 3.63) is 0 Å². The molecule has 1 heterocycles. The van der Waals surface area contributed by atoms with E-state index in [0.29, 0.717) is 12.5 Å². The second kappa shape index (κ2) is 8.48. The number of hydrogen-bond acceptors (Lipinski definition) is 3. The van der Waals surface area contributed by atoms with Gasteiger partial charge in [0.05, 0.1) is 0 Å². The van der Waals surface area contributed by atoms with E-state index in [2.05, 4.69) is 23.8 Å². The van der Waals surface area contributed by atoms with E-state index < -0.39 is 5.97 Å². The number of hydrogen-bond donors (Lipinski definition) is 1. The van der Waals surface area contributed by atoms with E-state index in [4.69, 9.17) is 5.11 Å². The van der Waals surface area contributed by atoms with Gasteiger partial charge in [-0.2, -0.15) is 0 Å². The first-order valence-corrected chi connectivity index (χ1v) is 7.28. The van der Waals surface area contributed by atoms with Crippen LogP contribution in [0, 0.1) is 0 Å². The van der Waals surface area contributed by atoms with Crippen molar-refractivity contribution < 1.29 is 9.90 Å². The van der Waals surface area contributed by atoms with Crippen LogP contribution in [-0.2, 0) is 4.79 Å². The van der Waals surface area contributed by atoms with Crippen LogP contribution < -0.4 is 0 Å². The Balaban J connectivity index is 2.23. The smallest absolute Gasteiger partial charge is 0.303 e. The average molecular weight is 256 g/mol. The van der Waals surface area contributed by atoms with Gasteiger partial charge < -0.3 is 10.0 Å². The Morgan fingerprint density at radius 1 is 1.28 bits per heavy atom. The van der Waals surface area contributed by atoms with Gasteiger partial charge in [-0.1, -0.05) is 13.3 Å². The molecule has 4 heteroatoms. The molecule has 0 amide bonds. The summed E-state index contributed by atoms with van der Waals surface area (Å²) in [6, 6.07) is 0.678. The first-order chi connectivity index (χ1) is 8.63. The van der Waals surface area contributed by atoms with Crippen LogP contribution in [0.4, 0.5) is 0 Å². The minimum absolute atomic E-state index is 0.319. The third-order valence-corrected chi connectivity index (χ3v) is 3.83. The number of aliphatic carboxylic acids is 1. The maximum absolute atomic E-state index is 10.4. The Morgan fingerprint density at radius 2 is 2.06 bits per heavy atom. The highest BCUT2D eigenvalue weighted by Crippen LogP contribution is 2.13. The second-order valence-corrected chi connectivity index (χ2v) is 5.42. The lowest BCUT2D eigenvalue weighted by atomic mass is 10.1. The number of carboxylic acids is 1. The number of unbranched alkanes of at least 4 members (excludes halogenated alkanes) is 2. The first kappa shape index (κ1) is 15.4. The van der Waals surface area contributed by atoms with E-state index in [1.54, 1.807) is 0 Å². The number of rotatable bonds is 7. The summed E-state index contributed by atoms with van der Waals surface area (Å²) in [7, 11) is 2.21. The lowest BCUT2D eigenvalue weighted by Crippen LogP contribution is -2.40. The maximum atomic E-state index is 10.4. The predicted octanol–water partition coefficient (Wildman–Crippen LogP) is 2.05. The molecule has 4 nitrogen and oxygen atoms in total. The lowest BCUT2D eigenvalue weighted by Gasteiger charge is -2.30. The summed E-state index contributed by atoms with van der Waals surface area (Å²) < 4.78 is 0. The number of carboxylic acid groups (broad SMARTS) is 1. The second-order valence-electron chi connectivity index (χ2n) is 5.42. The molecule has 0 aromatic rings. The molecule has 1 aliphatic rings. The van der Waals surface area contributed by atoms with Gasteiger partial charge in [0.15, 0.2) is 0 Å². The topological polar surface area (TPSA) is 43.8 Å². The van der Waals surface area contributed by atoms with Gasteiger partial charge in [-0.25, -0.2) is 0 Å². The zero-order valence-corrected chi connectivity index (χ0v) is 11.9. The van der Waals surface area contributed by atoms with E-state index >= 15 is 0 Å². The SMILES string of the molecule is CCC1CN(C)CCCN1CCCCCC(=O)O. The molecule has 1 aliphatic heterocycles. The molecule has 0 spiro atoms. The summed E-state index contributed by atoms with van der Waals surface area (Å²) in [4.78, 5) is 15.5. The fourth-order valence-corrected chi connectivity index (χ4v) is 2.74. The summed E-state index contributed by atoms with van der Waals surface area (Å²) in [6.07, 6.45) is 5.77. The van der Waals surface area contributed by atoms with Crippen molar-refractivity contribution in [3.8, 4) is 0 Å². The van der Waals surface area contributed by atoms with Crippen molar-refractivity contribution in [1.29, 1.82) is 0 Å². The fraction of sp³-hybridized carbons (Fsp3) is 0.929. The normalized spacial score (nSPS) is 22.9. The number of likely N-dealkylation sites (N-methyl/N-ethyl adjacent to an activating group) is 1. The zero-order valence-electron chi connectivity index (χ0n) is 11.9. The van der Waals surface area contributed by atoms with E-state index in [1.165, 1.54) is 32.5 Å². The molecule has 1 saturated heterocycles. The standard InChI is InChI=1S/C14H28N2O2/c1-3-13-12-15(2)9-7-11-16(13)10-6-4-5-8-14(17)18/h13H,3-12H2,1-2H3,(H,17,18). The summed E-state index contributed by atoms with van der Waals surface area (Å²) in [5.74, 6) is -0.669. The van der Waals surface area contributed by atoms with Crippen LogP contribution in [0.3, 0.4) is 0 Å². The molecule has 0 aliphatic carbocycles. The van der Waals surface area contributed by atoms with E-state index in [-0.39, 0.29) is 0 Å². The fourth-order valence-electron chi connectivity index (χ4n) is 2.74. The van der Waals surface area contributed by atoms with Crippen molar-refractivity contribution in [2.24, 2.45) is 0 Å². The summed E-state index contributed by atoms with van der Waals surface area (Å²) >= 11 is 0. The van der Waals surface area contributed by atoms with Gasteiger partial charge in [0, 0.05) is 19.0 Å². The monoisotopic (exact) mass is 256 g/mol. The molecule has 106 valence electrons. The van der Waals surface area contributed by atoms with Gasteiger partial charge in [0.25, 0.3) is 0 Å². The Kier molecular flexibility index (Phi) is 7.28. The first-order valence-electron chi connectivity index (χ1n) is 7.28. The molecular weight excluding hydrogens is 228 g/mol. The number of nitrogens with zero attached hydrogens (tertiary/aromatic N) is 2. The Morgan fingerprint density at radius 3 is 2.72 bits per heavy atom. The molecule has 0 aromatic heterocycles. The zero-order chi connectivity index (χ0) is 13.4. The van der Waals surface area contributed by atoms with Crippen LogP contribution in [0.5, 0.6) is 0 Å². The van der Waals surface area contributed by atoms with Gasteiger partial charge in [0.2, 0.25) is 0 Å². The largest absolute Gasteiger partial charge is 0.481 e. The van der Waals surface area contributed by atoms with Crippen LogP contribution in [0.1, 0.15) is 45.4 Å². The van der Waals surface area contributed by atoms with E-state index in [0.717, 1.165) is 25.8 Å². The molecule has 1 atom stereocenters. The average Bonchev–Trinajstić information content (AvgIpc) is 2.50. The van der Waals surface area contributed by atoms with Crippen LogP contribution in [0.15, 0.2) is 0 Å². The molecule has 1 unspecified atom stereocenters. The van der Waals surface area contributed by atoms with Crippen LogP contribution in [0.25, 0.3) is 0 Å². The van der Waals surface area contributed by atoms with Gasteiger partial charge in [-0.3, -0.25) is 9.69 Å². The molecule has 1 N–H and O–H groups in total. The molecule has 0 bridgehead atoms. The van der Waals surface area contributed by atoms with Crippen molar-refractivity contribution in [3.63, 3.8) is 0 Å². The van der Waals surface area contributed by atoms with Gasteiger partial charge in [-0.15, -0.1) is 0 Å². The van der Waals surface area contributed by atoms with Crippen LogP contribution >= 0.6 is 0 Å². The van der Waals surface area contributed by atoms with Crippen molar-refractivity contribution in [1.82, 2.24) is 9.80 Å². The van der Waals surface area contributed by atoms with Crippen molar-refractivity contribution >= 4 is 5.97 Å². The lowest BCUT2D eigenvalue weighted by molar-refractivity contribution is -0.137. The Hall–Kier alpha value is -0.610. The van der Waals surface area contributed by atoms with Gasteiger partial charge in [-0.05, 0) is 52.4 Å². The van der Waals surface area contributed by atoms with Crippen LogP contribution in [-0.4, -0.2) is 60.1 Å². The number of carbonyl (C=O) groups is 1. The molecule has 0 aromatic carbocycles. The third kappa shape index (κ3) is 5.83. The molecule has 1 rings (SSSR count). The predicted molar refractivity (Wildman–Crippen MR) is 73.9 cm³/mol. The summed E-state index contributed by atoms with van der Waals surface area (Å²) in [5.41, 5.74) is 0. The van der Waals surface area contributed by atoms with Gasteiger partial charge >= 0.3 is 5.97 Å². The molecule has 0 radical (unpaired) electrons. The Labute approximate surface area is 111 Å². The highest BCUT2D eigenvalue weighted by molar-refractivity contribution is 5.66. The summed E-state index contributed by atoms with van der Waals surface area (Å²) in [6.45, 7) is 6.96. The Bertz CT molecular complexity index is 246. The minimum Gasteiger partial charge on any atom is -0.481 e. The highest BCUT2D eigenvalue weighted by Gasteiger charge is 2.21. The van der Waals surface area contributed by atoms with E-state index in [9.17, 15) is 4.79 Å². The van der Waals surface area contributed by atoms with Crippen LogP contribution in [0.2, 0.25) is 0 Å². The van der Waals surface area contributed by atoms with Gasteiger partial charge in [0.1, 0.15) is 0 Å². The van der Waals surface area contributed by atoms with Crippen molar-refractivity contribution in [2.75, 3.05) is 33.2 Å².